The zero-order valence-electron chi connectivity index (χ0n) is 7.11. The first-order chi connectivity index (χ1) is 6.27. The third kappa shape index (κ3) is 1.42. The smallest absolute Gasteiger partial charge is 0.189 e. The number of aromatic nitrogens is 3. The van der Waals surface area contributed by atoms with Gasteiger partial charge in [0.1, 0.15) is 0 Å². The Morgan fingerprint density at radius 2 is 2.31 bits per heavy atom. The Morgan fingerprint density at radius 1 is 1.46 bits per heavy atom. The van der Waals surface area contributed by atoms with Crippen molar-refractivity contribution in [2.75, 3.05) is 0 Å². The summed E-state index contributed by atoms with van der Waals surface area (Å²) in [5.74, 6) is -0.126. The maximum Gasteiger partial charge on any atom is 0.189 e. The number of pyridine rings is 1. The predicted molar refractivity (Wildman–Crippen MR) is 46.1 cm³/mol. The van der Waals surface area contributed by atoms with E-state index in [0.29, 0.717) is 0 Å². The van der Waals surface area contributed by atoms with Gasteiger partial charge in [0.2, 0.25) is 0 Å². The molecule has 3 nitrogen and oxygen atoms in total. The topological polar surface area (TPSA) is 30.7 Å². The fraction of sp³-hybridized carbons (Fsp3) is 0.111. The molecule has 13 heavy (non-hydrogen) atoms. The molecule has 2 heterocycles. The highest BCUT2D eigenvalue weighted by atomic mass is 19.1. The molecule has 2 aromatic heterocycles. The monoisotopic (exact) mass is 177 g/mol. The van der Waals surface area contributed by atoms with Crippen LogP contribution in [0.5, 0.6) is 0 Å². The van der Waals surface area contributed by atoms with Gasteiger partial charge in [0, 0.05) is 18.6 Å². The number of hydrogen-bond donors (Lipinski definition) is 0. The minimum absolute atomic E-state index is 0.232. The minimum atomic E-state index is -0.358. The lowest BCUT2D eigenvalue weighted by Gasteiger charge is -2.01. The Hall–Kier alpha value is -1.71. The summed E-state index contributed by atoms with van der Waals surface area (Å²) in [7, 11) is 0. The van der Waals surface area contributed by atoms with E-state index in [9.17, 15) is 4.39 Å². The number of hydrogen-bond acceptors (Lipinski definition) is 2. The van der Waals surface area contributed by atoms with Gasteiger partial charge in [-0.15, -0.1) is 0 Å². The van der Waals surface area contributed by atoms with E-state index in [4.69, 9.17) is 0 Å². The second-order valence-corrected chi connectivity index (χ2v) is 2.77. The summed E-state index contributed by atoms with van der Waals surface area (Å²) >= 11 is 0. The zero-order valence-corrected chi connectivity index (χ0v) is 7.11. The number of nitrogens with zero attached hydrogens (tertiary/aromatic N) is 3. The van der Waals surface area contributed by atoms with E-state index >= 15 is 0 Å². The van der Waals surface area contributed by atoms with Crippen molar-refractivity contribution in [1.82, 2.24) is 14.8 Å². The largest absolute Gasteiger partial charge is 0.234 e. The third-order valence-electron chi connectivity index (χ3n) is 1.68. The first-order valence-electron chi connectivity index (χ1n) is 3.89. The summed E-state index contributed by atoms with van der Waals surface area (Å²) in [6, 6.07) is 3.16. The normalized spacial score (nSPS) is 10.3. The van der Waals surface area contributed by atoms with Crippen molar-refractivity contribution in [3.63, 3.8) is 0 Å². The molecule has 0 N–H and O–H groups in total. The fourth-order valence-corrected chi connectivity index (χ4v) is 1.09. The van der Waals surface area contributed by atoms with Gasteiger partial charge in [0.25, 0.3) is 0 Å². The molecule has 0 atom stereocenters. The molecular formula is C9H8FN3. The van der Waals surface area contributed by atoms with Crippen LogP contribution in [0.15, 0.2) is 30.7 Å². The summed E-state index contributed by atoms with van der Waals surface area (Å²) in [6.07, 6.45) is 4.85. The van der Waals surface area contributed by atoms with E-state index in [1.54, 1.807) is 31.6 Å². The van der Waals surface area contributed by atoms with Gasteiger partial charge >= 0.3 is 0 Å². The summed E-state index contributed by atoms with van der Waals surface area (Å²) in [5, 5.41) is 3.89. The molecule has 0 aliphatic heterocycles. The van der Waals surface area contributed by atoms with Crippen LogP contribution in [0.25, 0.3) is 5.82 Å². The SMILES string of the molecule is Cc1cnc(-n2cccn2)c(F)c1. The Bertz CT molecular complexity index is 409. The lowest BCUT2D eigenvalue weighted by Crippen LogP contribution is -2.01. The van der Waals surface area contributed by atoms with Crippen molar-refractivity contribution in [3.8, 4) is 5.82 Å². The van der Waals surface area contributed by atoms with Crippen LogP contribution >= 0.6 is 0 Å². The average molecular weight is 177 g/mol. The van der Waals surface area contributed by atoms with E-state index < -0.39 is 0 Å². The summed E-state index contributed by atoms with van der Waals surface area (Å²) < 4.78 is 14.7. The van der Waals surface area contributed by atoms with Crippen LogP contribution in [-0.4, -0.2) is 14.8 Å². The molecule has 2 aromatic rings. The second kappa shape index (κ2) is 2.97. The van der Waals surface area contributed by atoms with E-state index in [1.165, 1.54) is 10.7 Å². The van der Waals surface area contributed by atoms with Gasteiger partial charge < -0.3 is 0 Å². The Kier molecular flexibility index (Phi) is 1.81. The molecule has 0 saturated carbocycles. The molecule has 0 amide bonds. The Balaban J connectivity index is 2.53. The van der Waals surface area contributed by atoms with Crippen LogP contribution in [0.4, 0.5) is 4.39 Å². The van der Waals surface area contributed by atoms with Crippen LogP contribution in [0.1, 0.15) is 5.56 Å². The van der Waals surface area contributed by atoms with Gasteiger partial charge in [0.15, 0.2) is 11.6 Å². The van der Waals surface area contributed by atoms with Crippen molar-refractivity contribution >= 4 is 0 Å². The van der Waals surface area contributed by atoms with Crippen LogP contribution in [0, 0.1) is 12.7 Å². The summed E-state index contributed by atoms with van der Waals surface area (Å²) in [5.41, 5.74) is 0.799. The van der Waals surface area contributed by atoms with Crippen molar-refractivity contribution in [2.24, 2.45) is 0 Å². The zero-order chi connectivity index (χ0) is 9.26. The van der Waals surface area contributed by atoms with E-state index in [2.05, 4.69) is 10.1 Å². The first-order valence-corrected chi connectivity index (χ1v) is 3.89. The van der Waals surface area contributed by atoms with Crippen LogP contribution < -0.4 is 0 Å². The molecule has 0 saturated heterocycles. The maximum atomic E-state index is 13.3. The van der Waals surface area contributed by atoms with Crippen molar-refractivity contribution in [3.05, 3.63) is 42.1 Å². The summed E-state index contributed by atoms with van der Waals surface area (Å²) in [4.78, 5) is 3.95. The lowest BCUT2D eigenvalue weighted by atomic mass is 10.3. The molecule has 4 heteroatoms. The molecule has 0 fully saturated rings. The molecule has 0 aliphatic carbocycles. The number of aryl methyl sites for hydroxylation is 1. The van der Waals surface area contributed by atoms with Crippen molar-refractivity contribution < 1.29 is 4.39 Å². The van der Waals surface area contributed by atoms with Gasteiger partial charge in [-0.25, -0.2) is 14.1 Å². The third-order valence-corrected chi connectivity index (χ3v) is 1.68. The van der Waals surface area contributed by atoms with Crippen molar-refractivity contribution in [2.45, 2.75) is 6.92 Å². The quantitative estimate of drug-likeness (QED) is 0.664. The van der Waals surface area contributed by atoms with Gasteiger partial charge in [0.05, 0.1) is 0 Å². The first kappa shape index (κ1) is 7.91. The van der Waals surface area contributed by atoms with Crippen molar-refractivity contribution in [1.29, 1.82) is 0 Å². The van der Waals surface area contributed by atoms with Gasteiger partial charge in [-0.1, -0.05) is 0 Å². The highest BCUT2D eigenvalue weighted by molar-refractivity contribution is 5.25. The molecule has 0 spiro atoms. The number of halogens is 1. The number of rotatable bonds is 1. The molecule has 0 aromatic carbocycles. The van der Waals surface area contributed by atoms with E-state index in [0.717, 1.165) is 5.56 Å². The summed E-state index contributed by atoms with van der Waals surface area (Å²) in [6.45, 7) is 1.79. The minimum Gasteiger partial charge on any atom is -0.234 e. The van der Waals surface area contributed by atoms with Crippen LogP contribution in [-0.2, 0) is 0 Å². The fourth-order valence-electron chi connectivity index (χ4n) is 1.09. The Morgan fingerprint density at radius 3 is 2.92 bits per heavy atom. The molecule has 0 radical (unpaired) electrons. The highest BCUT2D eigenvalue weighted by Gasteiger charge is 2.05. The van der Waals surface area contributed by atoms with Gasteiger partial charge in [-0.3, -0.25) is 0 Å². The maximum absolute atomic E-state index is 13.3. The molecule has 0 unspecified atom stereocenters. The van der Waals surface area contributed by atoms with Gasteiger partial charge in [-0.2, -0.15) is 5.10 Å². The van der Waals surface area contributed by atoms with E-state index in [-0.39, 0.29) is 11.6 Å². The highest BCUT2D eigenvalue weighted by Crippen LogP contribution is 2.09. The molecule has 0 aliphatic rings. The van der Waals surface area contributed by atoms with Crippen LogP contribution in [0.2, 0.25) is 0 Å². The van der Waals surface area contributed by atoms with Crippen LogP contribution in [0.3, 0.4) is 0 Å². The average Bonchev–Trinajstić information content (AvgIpc) is 2.56. The Labute approximate surface area is 74.8 Å². The predicted octanol–water partition coefficient (Wildman–Crippen LogP) is 1.71. The molecular weight excluding hydrogens is 169 g/mol. The standard InChI is InChI=1S/C9H8FN3/c1-7-5-8(10)9(11-6-7)13-4-2-3-12-13/h2-6H,1H3. The molecule has 2 rings (SSSR count). The van der Waals surface area contributed by atoms with Gasteiger partial charge in [-0.05, 0) is 24.6 Å². The second-order valence-electron chi connectivity index (χ2n) is 2.77. The lowest BCUT2D eigenvalue weighted by molar-refractivity contribution is 0.599. The molecule has 0 bridgehead atoms. The molecule has 66 valence electrons. The van der Waals surface area contributed by atoms with E-state index in [1.807, 2.05) is 0 Å².